The van der Waals surface area contributed by atoms with Crippen LogP contribution in [0.5, 0.6) is 11.5 Å². The Balaban J connectivity index is 2.42. The summed E-state index contributed by atoms with van der Waals surface area (Å²) in [5.41, 5.74) is 1.92. The summed E-state index contributed by atoms with van der Waals surface area (Å²) in [6.07, 6.45) is -0.664. The van der Waals surface area contributed by atoms with Gasteiger partial charge in [-0.2, -0.15) is 0 Å². The average Bonchev–Trinajstić information content (AvgIpc) is 2.45. The predicted molar refractivity (Wildman–Crippen MR) is 88.2 cm³/mol. The third-order valence-electron chi connectivity index (χ3n) is 2.56. The van der Waals surface area contributed by atoms with Crippen LogP contribution in [-0.2, 0) is 9.47 Å². The van der Waals surface area contributed by atoms with E-state index >= 15 is 0 Å². The summed E-state index contributed by atoms with van der Waals surface area (Å²) in [6.45, 7) is 16.1. The molecule has 0 spiro atoms. The maximum Gasteiger partial charge on any atom is 0.197 e. The Morgan fingerprint density at radius 3 is 1.41 bits per heavy atom. The fourth-order valence-electron chi connectivity index (χ4n) is 1.57. The SMILES string of the molecule is C=C(C)COC(C)Oc1ccc(OC(C)OCC(=C)C)cc1. The molecule has 0 fully saturated rings. The zero-order valence-electron chi connectivity index (χ0n) is 13.9. The molecule has 0 aliphatic carbocycles. The largest absolute Gasteiger partial charge is 0.465 e. The first-order valence-corrected chi connectivity index (χ1v) is 7.32. The smallest absolute Gasteiger partial charge is 0.197 e. The van der Waals surface area contributed by atoms with Crippen LogP contribution in [-0.4, -0.2) is 25.8 Å². The van der Waals surface area contributed by atoms with Crippen molar-refractivity contribution in [3.63, 3.8) is 0 Å². The van der Waals surface area contributed by atoms with Gasteiger partial charge in [-0.25, -0.2) is 0 Å². The van der Waals surface area contributed by atoms with Crippen molar-refractivity contribution in [3.8, 4) is 11.5 Å². The molecule has 4 nitrogen and oxygen atoms in total. The van der Waals surface area contributed by atoms with E-state index in [0.29, 0.717) is 13.2 Å². The topological polar surface area (TPSA) is 36.9 Å². The van der Waals surface area contributed by atoms with Gasteiger partial charge in [0.05, 0.1) is 13.2 Å². The molecule has 1 aromatic carbocycles. The van der Waals surface area contributed by atoms with Gasteiger partial charge in [-0.1, -0.05) is 24.3 Å². The summed E-state index contributed by atoms with van der Waals surface area (Å²) in [4.78, 5) is 0. The van der Waals surface area contributed by atoms with E-state index in [1.54, 1.807) is 0 Å². The summed E-state index contributed by atoms with van der Waals surface area (Å²) in [7, 11) is 0. The zero-order chi connectivity index (χ0) is 16.5. The van der Waals surface area contributed by atoms with Gasteiger partial charge in [0.25, 0.3) is 0 Å². The summed E-state index contributed by atoms with van der Waals surface area (Å²) >= 11 is 0. The number of hydrogen-bond donors (Lipinski definition) is 0. The third kappa shape index (κ3) is 7.86. The molecule has 2 unspecified atom stereocenters. The Morgan fingerprint density at radius 2 is 1.14 bits per heavy atom. The van der Waals surface area contributed by atoms with Gasteiger partial charge in [-0.3, -0.25) is 0 Å². The third-order valence-corrected chi connectivity index (χ3v) is 2.56. The molecular weight excluding hydrogens is 280 g/mol. The molecule has 0 bridgehead atoms. The number of hydrogen-bond acceptors (Lipinski definition) is 4. The van der Waals surface area contributed by atoms with Crippen LogP contribution >= 0.6 is 0 Å². The number of rotatable bonds is 10. The van der Waals surface area contributed by atoms with Gasteiger partial charge >= 0.3 is 0 Å². The molecule has 1 rings (SSSR count). The first-order chi connectivity index (χ1) is 10.4. The molecular formula is C18H26O4. The fraction of sp³-hybridized carbons (Fsp3) is 0.444. The number of ether oxygens (including phenoxy) is 4. The normalized spacial score (nSPS) is 13.3. The minimum absolute atomic E-state index is 0.332. The molecule has 0 aliphatic rings. The number of benzene rings is 1. The highest BCUT2D eigenvalue weighted by Crippen LogP contribution is 2.20. The lowest BCUT2D eigenvalue weighted by molar-refractivity contribution is -0.0595. The van der Waals surface area contributed by atoms with Gasteiger partial charge in [-0.15, -0.1) is 0 Å². The van der Waals surface area contributed by atoms with Crippen molar-refractivity contribution in [3.05, 3.63) is 48.6 Å². The van der Waals surface area contributed by atoms with Crippen LogP contribution in [0.15, 0.2) is 48.6 Å². The summed E-state index contributed by atoms with van der Waals surface area (Å²) in [6, 6.07) is 7.34. The lowest BCUT2D eigenvalue weighted by Crippen LogP contribution is -2.18. The molecule has 0 saturated heterocycles. The monoisotopic (exact) mass is 306 g/mol. The molecule has 22 heavy (non-hydrogen) atoms. The second kappa shape index (κ2) is 9.28. The van der Waals surface area contributed by atoms with Crippen LogP contribution in [0, 0.1) is 0 Å². The molecule has 0 amide bonds. The highest BCUT2D eigenvalue weighted by atomic mass is 16.7. The minimum Gasteiger partial charge on any atom is -0.465 e. The quantitative estimate of drug-likeness (QED) is 0.476. The van der Waals surface area contributed by atoms with Crippen LogP contribution in [0.3, 0.4) is 0 Å². The molecule has 0 N–H and O–H groups in total. The predicted octanol–water partition coefficient (Wildman–Crippen LogP) is 4.32. The maximum atomic E-state index is 5.64. The highest BCUT2D eigenvalue weighted by molar-refractivity contribution is 5.31. The lowest BCUT2D eigenvalue weighted by Gasteiger charge is -2.17. The van der Waals surface area contributed by atoms with Gasteiger partial charge in [0, 0.05) is 0 Å². The Hall–Kier alpha value is -1.78. The Morgan fingerprint density at radius 1 is 0.818 bits per heavy atom. The van der Waals surface area contributed by atoms with Crippen LogP contribution in [0.25, 0.3) is 0 Å². The second-order valence-corrected chi connectivity index (χ2v) is 5.38. The Bertz CT molecular complexity index is 433. The van der Waals surface area contributed by atoms with Crippen molar-refractivity contribution >= 4 is 0 Å². The van der Waals surface area contributed by atoms with Gasteiger partial charge in [-0.05, 0) is 52.0 Å². The summed E-state index contributed by atoms with van der Waals surface area (Å²) in [5.74, 6) is 1.44. The second-order valence-electron chi connectivity index (χ2n) is 5.38. The minimum atomic E-state index is -0.332. The molecule has 0 heterocycles. The Labute approximate surface area is 133 Å². The van der Waals surface area contributed by atoms with Crippen LogP contribution in [0.4, 0.5) is 0 Å². The van der Waals surface area contributed by atoms with E-state index in [1.807, 2.05) is 52.0 Å². The van der Waals surface area contributed by atoms with Crippen LogP contribution in [0.2, 0.25) is 0 Å². The molecule has 0 aliphatic heterocycles. The van der Waals surface area contributed by atoms with Crippen molar-refractivity contribution in [2.24, 2.45) is 0 Å². The van der Waals surface area contributed by atoms with Crippen molar-refractivity contribution < 1.29 is 18.9 Å². The standard InChI is InChI=1S/C18H26O4/c1-13(2)11-19-15(5)21-17-7-9-18(10-8-17)22-16(6)20-12-14(3)4/h7-10,15-16H,1,3,11-12H2,2,4-6H3. The molecule has 0 aromatic heterocycles. The van der Waals surface area contributed by atoms with E-state index in [9.17, 15) is 0 Å². The molecule has 0 saturated carbocycles. The summed E-state index contributed by atoms with van der Waals surface area (Å²) in [5, 5.41) is 0. The zero-order valence-corrected chi connectivity index (χ0v) is 13.9. The van der Waals surface area contributed by atoms with E-state index in [-0.39, 0.29) is 12.6 Å². The first-order valence-electron chi connectivity index (χ1n) is 7.32. The van der Waals surface area contributed by atoms with Crippen molar-refractivity contribution in [2.45, 2.75) is 40.3 Å². The highest BCUT2D eigenvalue weighted by Gasteiger charge is 2.06. The average molecular weight is 306 g/mol. The van der Waals surface area contributed by atoms with E-state index in [2.05, 4.69) is 13.2 Å². The van der Waals surface area contributed by atoms with Crippen molar-refractivity contribution in [1.82, 2.24) is 0 Å². The van der Waals surface area contributed by atoms with Gasteiger partial charge in [0.1, 0.15) is 11.5 Å². The van der Waals surface area contributed by atoms with E-state index < -0.39 is 0 Å². The molecule has 122 valence electrons. The van der Waals surface area contributed by atoms with E-state index in [1.165, 1.54) is 0 Å². The van der Waals surface area contributed by atoms with Crippen molar-refractivity contribution in [1.29, 1.82) is 0 Å². The molecule has 0 radical (unpaired) electrons. The Kier molecular flexibility index (Phi) is 7.71. The van der Waals surface area contributed by atoms with Gasteiger partial charge < -0.3 is 18.9 Å². The van der Waals surface area contributed by atoms with Gasteiger partial charge in [0.15, 0.2) is 12.6 Å². The summed E-state index contributed by atoms with van der Waals surface area (Å²) < 4.78 is 22.2. The lowest BCUT2D eigenvalue weighted by atomic mass is 10.3. The van der Waals surface area contributed by atoms with E-state index in [0.717, 1.165) is 22.6 Å². The first kappa shape index (κ1) is 18.3. The van der Waals surface area contributed by atoms with Crippen LogP contribution < -0.4 is 9.47 Å². The molecule has 4 heteroatoms. The van der Waals surface area contributed by atoms with Gasteiger partial charge in [0.2, 0.25) is 0 Å². The molecule has 2 atom stereocenters. The van der Waals surface area contributed by atoms with Crippen LogP contribution in [0.1, 0.15) is 27.7 Å². The van der Waals surface area contributed by atoms with Crippen molar-refractivity contribution in [2.75, 3.05) is 13.2 Å². The maximum absolute atomic E-state index is 5.64. The fourth-order valence-corrected chi connectivity index (χ4v) is 1.57. The molecule has 1 aromatic rings. The van der Waals surface area contributed by atoms with E-state index in [4.69, 9.17) is 18.9 Å².